The molecule has 2 aromatic heterocycles. The quantitative estimate of drug-likeness (QED) is 0.281. The lowest BCUT2D eigenvalue weighted by atomic mass is 10.0. The zero-order chi connectivity index (χ0) is 23.5. The summed E-state index contributed by atoms with van der Waals surface area (Å²) >= 11 is 1.74. The number of aromatic nitrogens is 2. The van der Waals surface area contributed by atoms with Crippen molar-refractivity contribution in [1.82, 2.24) is 14.9 Å². The Morgan fingerprint density at radius 3 is 2.37 bits per heavy atom. The van der Waals surface area contributed by atoms with Gasteiger partial charge in [-0.3, -0.25) is 9.88 Å². The summed E-state index contributed by atoms with van der Waals surface area (Å²) in [6.07, 6.45) is 3.03. The van der Waals surface area contributed by atoms with Gasteiger partial charge < -0.3 is 4.90 Å². The minimum absolute atomic E-state index is 0.903. The Kier molecular flexibility index (Phi) is 6.26. The molecule has 0 amide bonds. The number of hydrogen-bond donors (Lipinski definition) is 0. The van der Waals surface area contributed by atoms with Crippen molar-refractivity contribution in [2.45, 2.75) is 13.0 Å². The molecular formula is C30H28N4S. The smallest absolute Gasteiger partial charge is 0.123 e. The zero-order valence-corrected chi connectivity index (χ0v) is 20.5. The lowest BCUT2D eigenvalue weighted by Gasteiger charge is -2.25. The summed E-state index contributed by atoms with van der Waals surface area (Å²) in [4.78, 5) is 14.8. The molecule has 174 valence electrons. The molecule has 5 aromatic rings. The van der Waals surface area contributed by atoms with E-state index in [1.807, 2.05) is 12.3 Å². The van der Waals surface area contributed by atoms with Crippen molar-refractivity contribution in [3.8, 4) is 21.7 Å². The average Bonchev–Trinajstić information content (AvgIpc) is 3.27. The van der Waals surface area contributed by atoms with Gasteiger partial charge in [-0.2, -0.15) is 0 Å². The SMILES string of the molecule is c1ccc(-c2cc(N3CCCN(Cc4csc(-c5ccccc5)n4)CC3)c3ncccc3c2)cc1. The Hall–Kier alpha value is -3.54. The van der Waals surface area contributed by atoms with E-state index in [9.17, 15) is 0 Å². The Labute approximate surface area is 210 Å². The van der Waals surface area contributed by atoms with Crippen LogP contribution in [0, 0.1) is 0 Å². The van der Waals surface area contributed by atoms with Crippen molar-refractivity contribution < 1.29 is 0 Å². The van der Waals surface area contributed by atoms with Crippen molar-refractivity contribution in [1.29, 1.82) is 0 Å². The highest BCUT2D eigenvalue weighted by Crippen LogP contribution is 2.33. The zero-order valence-electron chi connectivity index (χ0n) is 19.7. The fourth-order valence-corrected chi connectivity index (χ4v) is 5.72. The standard InChI is InChI=1S/C30H28N4S/c1-3-9-23(10-4-1)26-19-25-13-7-14-31-29(25)28(20-26)34-16-8-15-33(17-18-34)21-27-22-35-30(32-27)24-11-5-2-6-12-24/h1-7,9-14,19-20,22H,8,15-18,21H2. The first kappa shape index (κ1) is 22.0. The molecule has 5 heteroatoms. The molecule has 1 aliphatic heterocycles. The minimum atomic E-state index is 0.903. The minimum Gasteiger partial charge on any atom is -0.368 e. The van der Waals surface area contributed by atoms with Crippen LogP contribution in [0.1, 0.15) is 12.1 Å². The largest absolute Gasteiger partial charge is 0.368 e. The van der Waals surface area contributed by atoms with Crippen LogP contribution in [0.15, 0.2) is 96.5 Å². The first-order valence-electron chi connectivity index (χ1n) is 12.2. The second-order valence-corrected chi connectivity index (χ2v) is 9.92. The molecule has 4 nitrogen and oxygen atoms in total. The fourth-order valence-electron chi connectivity index (χ4n) is 4.90. The Morgan fingerprint density at radius 2 is 1.54 bits per heavy atom. The van der Waals surface area contributed by atoms with Crippen LogP contribution in [0.2, 0.25) is 0 Å². The molecule has 0 radical (unpaired) electrons. The van der Waals surface area contributed by atoms with Gasteiger partial charge in [0.15, 0.2) is 0 Å². The highest BCUT2D eigenvalue weighted by molar-refractivity contribution is 7.13. The molecule has 3 aromatic carbocycles. The second-order valence-electron chi connectivity index (χ2n) is 9.06. The molecule has 35 heavy (non-hydrogen) atoms. The molecule has 0 spiro atoms. The van der Waals surface area contributed by atoms with Crippen molar-refractivity contribution in [2.75, 3.05) is 31.1 Å². The van der Waals surface area contributed by atoms with E-state index in [1.54, 1.807) is 11.3 Å². The van der Waals surface area contributed by atoms with Crippen molar-refractivity contribution in [3.05, 3.63) is 102 Å². The van der Waals surface area contributed by atoms with Crippen LogP contribution in [0.3, 0.4) is 0 Å². The number of benzene rings is 3. The topological polar surface area (TPSA) is 32.3 Å². The van der Waals surface area contributed by atoms with Gasteiger partial charge in [-0.1, -0.05) is 66.7 Å². The summed E-state index contributed by atoms with van der Waals surface area (Å²) in [6, 6.07) is 29.9. The van der Waals surface area contributed by atoms with Crippen LogP contribution in [0.25, 0.3) is 32.6 Å². The molecular weight excluding hydrogens is 448 g/mol. The van der Waals surface area contributed by atoms with Gasteiger partial charge in [0.25, 0.3) is 0 Å². The monoisotopic (exact) mass is 476 g/mol. The molecule has 0 aliphatic carbocycles. The molecule has 1 fully saturated rings. The number of rotatable bonds is 5. The predicted octanol–water partition coefficient (Wildman–Crippen LogP) is 6.74. The maximum atomic E-state index is 4.92. The van der Waals surface area contributed by atoms with Crippen LogP contribution >= 0.6 is 11.3 Å². The summed E-state index contributed by atoms with van der Waals surface area (Å²) < 4.78 is 0. The number of anilines is 1. The second kappa shape index (κ2) is 9.98. The third kappa shape index (κ3) is 4.83. The van der Waals surface area contributed by atoms with Crippen molar-refractivity contribution >= 4 is 27.9 Å². The van der Waals surface area contributed by atoms with Crippen LogP contribution in [0.4, 0.5) is 5.69 Å². The molecule has 3 heterocycles. The highest BCUT2D eigenvalue weighted by atomic mass is 32.1. The molecule has 0 atom stereocenters. The molecule has 0 N–H and O–H groups in total. The summed E-state index contributed by atoms with van der Waals surface area (Å²) in [7, 11) is 0. The summed E-state index contributed by atoms with van der Waals surface area (Å²) in [6.45, 7) is 5.02. The first-order valence-corrected chi connectivity index (χ1v) is 13.1. The number of fused-ring (bicyclic) bond motifs is 1. The molecule has 1 aliphatic rings. The van der Waals surface area contributed by atoms with Gasteiger partial charge in [-0.25, -0.2) is 4.98 Å². The van der Waals surface area contributed by atoms with E-state index in [-0.39, 0.29) is 0 Å². The number of hydrogen-bond acceptors (Lipinski definition) is 5. The predicted molar refractivity (Wildman–Crippen MR) is 147 cm³/mol. The lowest BCUT2D eigenvalue weighted by Crippen LogP contribution is -2.30. The van der Waals surface area contributed by atoms with Gasteiger partial charge in [0.05, 0.1) is 16.9 Å². The number of thiazole rings is 1. The van der Waals surface area contributed by atoms with Gasteiger partial charge in [-0.15, -0.1) is 11.3 Å². The van der Waals surface area contributed by atoms with Gasteiger partial charge in [0, 0.05) is 55.3 Å². The maximum absolute atomic E-state index is 4.92. The normalized spacial score (nSPS) is 14.8. The number of pyridine rings is 1. The first-order chi connectivity index (χ1) is 17.3. The van der Waals surface area contributed by atoms with Crippen molar-refractivity contribution in [2.24, 2.45) is 0 Å². The van der Waals surface area contributed by atoms with Gasteiger partial charge in [-0.05, 0) is 35.7 Å². The fraction of sp³-hybridized carbons (Fsp3) is 0.200. The van der Waals surface area contributed by atoms with Gasteiger partial charge in [0.1, 0.15) is 5.01 Å². The average molecular weight is 477 g/mol. The Bertz CT molecular complexity index is 1410. The van der Waals surface area contributed by atoms with Gasteiger partial charge >= 0.3 is 0 Å². The van der Waals surface area contributed by atoms with Gasteiger partial charge in [0.2, 0.25) is 0 Å². The third-order valence-electron chi connectivity index (χ3n) is 6.68. The maximum Gasteiger partial charge on any atom is 0.123 e. The van der Waals surface area contributed by atoms with E-state index in [0.717, 1.165) is 49.7 Å². The molecule has 6 rings (SSSR count). The molecule has 0 unspecified atom stereocenters. The molecule has 1 saturated heterocycles. The Morgan fingerprint density at radius 1 is 0.743 bits per heavy atom. The third-order valence-corrected chi connectivity index (χ3v) is 7.62. The lowest BCUT2D eigenvalue weighted by molar-refractivity contribution is 0.282. The molecule has 0 bridgehead atoms. The van der Waals surface area contributed by atoms with Crippen LogP contribution in [-0.4, -0.2) is 41.0 Å². The molecule has 0 saturated carbocycles. The summed E-state index contributed by atoms with van der Waals surface area (Å²) in [5, 5.41) is 4.51. The van der Waals surface area contributed by atoms with E-state index in [0.29, 0.717) is 0 Å². The number of nitrogens with zero attached hydrogens (tertiary/aromatic N) is 4. The van der Waals surface area contributed by atoms with Crippen LogP contribution in [-0.2, 0) is 6.54 Å². The summed E-state index contributed by atoms with van der Waals surface area (Å²) in [5.41, 5.74) is 7.19. The Balaban J connectivity index is 1.22. The van der Waals surface area contributed by atoms with Crippen molar-refractivity contribution in [3.63, 3.8) is 0 Å². The summed E-state index contributed by atoms with van der Waals surface area (Å²) in [5.74, 6) is 0. The van der Waals surface area contributed by atoms with E-state index < -0.39 is 0 Å². The highest BCUT2D eigenvalue weighted by Gasteiger charge is 2.19. The van der Waals surface area contributed by atoms with E-state index in [1.165, 1.54) is 33.5 Å². The van der Waals surface area contributed by atoms with Crippen LogP contribution in [0.5, 0.6) is 0 Å². The van der Waals surface area contributed by atoms with E-state index >= 15 is 0 Å². The van der Waals surface area contributed by atoms with E-state index in [4.69, 9.17) is 9.97 Å². The van der Waals surface area contributed by atoms with E-state index in [2.05, 4.69) is 94.0 Å². The van der Waals surface area contributed by atoms with Crippen LogP contribution < -0.4 is 4.90 Å².